The molecule has 0 aliphatic carbocycles. The Hall–Kier alpha value is -2.97. The summed E-state index contributed by atoms with van der Waals surface area (Å²) >= 11 is 0. The zero-order chi connectivity index (χ0) is 19.2. The molecule has 3 rings (SSSR count). The van der Waals surface area contributed by atoms with Crippen LogP contribution in [0.1, 0.15) is 6.92 Å². The topological polar surface area (TPSA) is 97.4 Å². The summed E-state index contributed by atoms with van der Waals surface area (Å²) in [4.78, 5) is 39.0. The number of hydrogen-bond donors (Lipinski definition) is 1. The van der Waals surface area contributed by atoms with E-state index in [0.29, 0.717) is 50.9 Å². The van der Waals surface area contributed by atoms with E-state index >= 15 is 0 Å². The van der Waals surface area contributed by atoms with Crippen molar-refractivity contribution in [3.05, 3.63) is 24.3 Å². The molecule has 2 aliphatic rings. The summed E-state index contributed by atoms with van der Waals surface area (Å²) < 4.78 is 16.3. The van der Waals surface area contributed by atoms with Crippen LogP contribution in [0.3, 0.4) is 0 Å². The number of carbonyl (C=O) groups is 3. The predicted molar refractivity (Wildman–Crippen MR) is 94.5 cm³/mol. The zero-order valence-electron chi connectivity index (χ0n) is 15.2. The highest BCUT2D eigenvalue weighted by atomic mass is 16.6. The summed E-state index contributed by atoms with van der Waals surface area (Å²) in [5.74, 6) is -0.0299. The van der Waals surface area contributed by atoms with Gasteiger partial charge in [-0.15, -0.1) is 0 Å². The molecule has 0 radical (unpaired) electrons. The molecule has 1 aromatic carbocycles. The number of nitrogens with one attached hydrogen (secondary N) is 1. The van der Waals surface area contributed by atoms with Crippen LogP contribution in [0.4, 0.5) is 4.79 Å². The van der Waals surface area contributed by atoms with Gasteiger partial charge in [0, 0.05) is 26.2 Å². The number of amides is 3. The Labute approximate surface area is 157 Å². The Morgan fingerprint density at radius 3 is 2.48 bits per heavy atom. The van der Waals surface area contributed by atoms with Gasteiger partial charge < -0.3 is 29.3 Å². The predicted octanol–water partition coefficient (Wildman–Crippen LogP) is 0.243. The number of nitrogens with zero attached hydrogens (tertiary/aromatic N) is 2. The summed E-state index contributed by atoms with van der Waals surface area (Å²) in [6.07, 6.45) is -0.763. The highest BCUT2D eigenvalue weighted by Gasteiger charge is 2.29. The average molecular weight is 377 g/mol. The van der Waals surface area contributed by atoms with E-state index in [2.05, 4.69) is 5.32 Å². The molecule has 9 heteroatoms. The molecule has 1 N–H and O–H groups in total. The van der Waals surface area contributed by atoms with Gasteiger partial charge >= 0.3 is 17.9 Å². The lowest BCUT2D eigenvalue weighted by Crippen LogP contribution is -2.54. The van der Waals surface area contributed by atoms with Gasteiger partial charge in [-0.3, -0.25) is 9.59 Å². The lowest BCUT2D eigenvalue weighted by Gasteiger charge is -2.33. The number of ether oxygens (including phenoxy) is 3. The minimum absolute atomic E-state index is 0.168. The Balaban J connectivity index is 1.43. The molecule has 27 heavy (non-hydrogen) atoms. The van der Waals surface area contributed by atoms with E-state index in [1.807, 2.05) is 18.2 Å². The van der Waals surface area contributed by atoms with Crippen molar-refractivity contribution < 1.29 is 28.6 Å². The summed E-state index contributed by atoms with van der Waals surface area (Å²) in [5.41, 5.74) is 0. The van der Waals surface area contributed by atoms with Crippen LogP contribution in [0, 0.1) is 0 Å². The van der Waals surface area contributed by atoms with Gasteiger partial charge in [0.25, 0.3) is 0 Å². The molecule has 146 valence electrons. The number of carbonyl (C=O) groups excluding carboxylic acids is 3. The third-order valence-corrected chi connectivity index (χ3v) is 4.34. The second-order valence-electron chi connectivity index (χ2n) is 6.19. The molecule has 1 saturated heterocycles. The van der Waals surface area contributed by atoms with E-state index in [0.717, 1.165) is 0 Å². The standard InChI is InChI=1S/C18H23N3O6/c1-2-25-18(24)21-9-7-20(8-10-21)17(23)16(22)19-11-13-12-26-14-5-3-4-6-15(14)27-13/h3-6,13H,2,7-12H2,1H3,(H,19,22). The quantitative estimate of drug-likeness (QED) is 0.758. The third-order valence-electron chi connectivity index (χ3n) is 4.34. The van der Waals surface area contributed by atoms with Crippen LogP contribution in [-0.2, 0) is 14.3 Å². The van der Waals surface area contributed by atoms with Crippen molar-refractivity contribution in [3.8, 4) is 11.5 Å². The minimum atomic E-state index is -0.693. The first-order valence-corrected chi connectivity index (χ1v) is 8.95. The van der Waals surface area contributed by atoms with Crippen LogP contribution >= 0.6 is 0 Å². The van der Waals surface area contributed by atoms with E-state index in [1.165, 1.54) is 9.80 Å². The Morgan fingerprint density at radius 1 is 1.11 bits per heavy atom. The van der Waals surface area contributed by atoms with Crippen molar-refractivity contribution in [2.75, 3.05) is 45.9 Å². The van der Waals surface area contributed by atoms with Gasteiger partial charge in [0.05, 0.1) is 13.2 Å². The molecular formula is C18H23N3O6. The van der Waals surface area contributed by atoms with E-state index < -0.39 is 17.9 Å². The molecule has 1 atom stereocenters. The Kier molecular flexibility index (Phi) is 6.00. The van der Waals surface area contributed by atoms with Crippen molar-refractivity contribution in [1.82, 2.24) is 15.1 Å². The van der Waals surface area contributed by atoms with E-state index in [4.69, 9.17) is 14.2 Å². The normalized spacial score (nSPS) is 18.6. The lowest BCUT2D eigenvalue weighted by atomic mass is 10.2. The molecule has 9 nitrogen and oxygen atoms in total. The van der Waals surface area contributed by atoms with Gasteiger partial charge in [-0.1, -0.05) is 12.1 Å². The van der Waals surface area contributed by atoms with Crippen molar-refractivity contribution in [2.45, 2.75) is 13.0 Å². The molecule has 3 amide bonds. The fraction of sp³-hybridized carbons (Fsp3) is 0.500. The van der Waals surface area contributed by atoms with Crippen LogP contribution in [0.15, 0.2) is 24.3 Å². The number of rotatable bonds is 3. The molecule has 0 spiro atoms. The molecule has 1 fully saturated rings. The minimum Gasteiger partial charge on any atom is -0.486 e. The van der Waals surface area contributed by atoms with Crippen LogP contribution in [0.5, 0.6) is 11.5 Å². The number of hydrogen-bond acceptors (Lipinski definition) is 6. The van der Waals surface area contributed by atoms with Crippen molar-refractivity contribution in [1.29, 1.82) is 0 Å². The number of benzene rings is 1. The van der Waals surface area contributed by atoms with E-state index in [-0.39, 0.29) is 12.6 Å². The highest BCUT2D eigenvalue weighted by molar-refractivity contribution is 6.35. The van der Waals surface area contributed by atoms with Crippen LogP contribution in [0.2, 0.25) is 0 Å². The molecule has 1 aromatic rings. The first-order valence-electron chi connectivity index (χ1n) is 8.95. The van der Waals surface area contributed by atoms with Crippen molar-refractivity contribution in [2.24, 2.45) is 0 Å². The maximum absolute atomic E-state index is 12.3. The number of para-hydroxylation sites is 2. The second kappa shape index (κ2) is 8.61. The van der Waals surface area contributed by atoms with Gasteiger partial charge in [-0.2, -0.15) is 0 Å². The molecule has 0 bridgehead atoms. The zero-order valence-corrected chi connectivity index (χ0v) is 15.2. The first-order chi connectivity index (χ1) is 13.1. The molecular weight excluding hydrogens is 354 g/mol. The van der Waals surface area contributed by atoms with Crippen molar-refractivity contribution in [3.63, 3.8) is 0 Å². The fourth-order valence-electron chi connectivity index (χ4n) is 2.90. The van der Waals surface area contributed by atoms with Gasteiger partial charge in [0.2, 0.25) is 0 Å². The van der Waals surface area contributed by atoms with Crippen LogP contribution in [-0.4, -0.2) is 79.7 Å². The molecule has 0 aromatic heterocycles. The molecule has 2 heterocycles. The van der Waals surface area contributed by atoms with Gasteiger partial charge in [0.1, 0.15) is 12.7 Å². The number of fused-ring (bicyclic) bond motifs is 1. The first kappa shape index (κ1) is 18.8. The molecule has 2 aliphatic heterocycles. The lowest BCUT2D eigenvalue weighted by molar-refractivity contribution is -0.147. The van der Waals surface area contributed by atoms with E-state index in [9.17, 15) is 14.4 Å². The maximum Gasteiger partial charge on any atom is 0.409 e. The molecule has 1 unspecified atom stereocenters. The van der Waals surface area contributed by atoms with Gasteiger partial charge in [0.15, 0.2) is 11.5 Å². The van der Waals surface area contributed by atoms with E-state index in [1.54, 1.807) is 13.0 Å². The van der Waals surface area contributed by atoms with Gasteiger partial charge in [-0.25, -0.2) is 4.79 Å². The SMILES string of the molecule is CCOC(=O)N1CCN(C(=O)C(=O)NCC2COc3ccccc3O2)CC1. The Morgan fingerprint density at radius 2 is 1.78 bits per heavy atom. The maximum atomic E-state index is 12.3. The monoisotopic (exact) mass is 377 g/mol. The third kappa shape index (κ3) is 4.60. The largest absolute Gasteiger partial charge is 0.486 e. The summed E-state index contributed by atoms with van der Waals surface area (Å²) in [6.45, 7) is 3.77. The summed E-state index contributed by atoms with van der Waals surface area (Å²) in [7, 11) is 0. The summed E-state index contributed by atoms with van der Waals surface area (Å²) in [6, 6.07) is 7.29. The fourth-order valence-corrected chi connectivity index (χ4v) is 2.90. The van der Waals surface area contributed by atoms with Crippen LogP contribution < -0.4 is 14.8 Å². The number of piperazine rings is 1. The highest BCUT2D eigenvalue weighted by Crippen LogP contribution is 2.30. The average Bonchev–Trinajstić information content (AvgIpc) is 2.71. The van der Waals surface area contributed by atoms with Crippen molar-refractivity contribution >= 4 is 17.9 Å². The Bertz CT molecular complexity index is 702. The smallest absolute Gasteiger partial charge is 0.409 e. The van der Waals surface area contributed by atoms with Crippen LogP contribution in [0.25, 0.3) is 0 Å². The molecule has 0 saturated carbocycles. The second-order valence-corrected chi connectivity index (χ2v) is 6.19. The van der Waals surface area contributed by atoms with Gasteiger partial charge in [-0.05, 0) is 19.1 Å². The summed E-state index contributed by atoms with van der Waals surface area (Å²) in [5, 5.41) is 2.59.